The van der Waals surface area contributed by atoms with Crippen LogP contribution in [0, 0.1) is 0 Å². The fourth-order valence-electron chi connectivity index (χ4n) is 3.23. The second-order valence-corrected chi connectivity index (χ2v) is 6.44. The average molecular weight is 324 g/mol. The van der Waals surface area contributed by atoms with Gasteiger partial charge in [0.15, 0.2) is 0 Å². The molecular weight excluding hydrogens is 300 g/mol. The van der Waals surface area contributed by atoms with Crippen molar-refractivity contribution in [2.75, 3.05) is 0 Å². The number of ether oxygens (including phenoxy) is 1. The van der Waals surface area contributed by atoms with Crippen LogP contribution < -0.4 is 0 Å². The Morgan fingerprint density at radius 2 is 1.96 bits per heavy atom. The van der Waals surface area contributed by atoms with Crippen LogP contribution in [0.25, 0.3) is 0 Å². The Hall–Kier alpha value is -2.13. The highest BCUT2D eigenvalue weighted by molar-refractivity contribution is 5.69. The first-order valence-electron chi connectivity index (χ1n) is 8.71. The first-order chi connectivity index (χ1) is 11.7. The van der Waals surface area contributed by atoms with Gasteiger partial charge < -0.3 is 9.84 Å². The highest BCUT2D eigenvalue weighted by atomic mass is 16.5. The van der Waals surface area contributed by atoms with E-state index in [4.69, 9.17) is 4.74 Å². The van der Waals surface area contributed by atoms with Gasteiger partial charge in [0, 0.05) is 6.42 Å². The van der Waals surface area contributed by atoms with Crippen molar-refractivity contribution in [3.63, 3.8) is 0 Å². The first kappa shape index (κ1) is 16.7. The SMILES string of the molecule is O=C(CCCc1ccc2c(c1)C(O)CCC2)OCc1ccccc1. The van der Waals surface area contributed by atoms with Crippen molar-refractivity contribution >= 4 is 5.97 Å². The van der Waals surface area contributed by atoms with Crippen molar-refractivity contribution in [1.82, 2.24) is 0 Å². The predicted octanol–water partition coefficient (Wildman–Crippen LogP) is 4.12. The number of carbonyl (C=O) groups excluding carboxylic acids is 1. The van der Waals surface area contributed by atoms with E-state index >= 15 is 0 Å². The van der Waals surface area contributed by atoms with E-state index in [1.165, 1.54) is 11.1 Å². The average Bonchev–Trinajstić information content (AvgIpc) is 2.61. The molecule has 0 aromatic heterocycles. The van der Waals surface area contributed by atoms with Gasteiger partial charge in [-0.2, -0.15) is 0 Å². The third kappa shape index (κ3) is 4.45. The molecular formula is C21H24O3. The van der Waals surface area contributed by atoms with E-state index < -0.39 is 0 Å². The number of hydrogen-bond acceptors (Lipinski definition) is 3. The number of hydrogen-bond donors (Lipinski definition) is 1. The molecule has 2 aromatic carbocycles. The van der Waals surface area contributed by atoms with Gasteiger partial charge in [-0.15, -0.1) is 0 Å². The lowest BCUT2D eigenvalue weighted by molar-refractivity contribution is -0.145. The van der Waals surface area contributed by atoms with E-state index in [9.17, 15) is 9.90 Å². The Balaban J connectivity index is 1.44. The predicted molar refractivity (Wildman–Crippen MR) is 93.5 cm³/mol. The number of aryl methyl sites for hydroxylation is 2. The summed E-state index contributed by atoms with van der Waals surface area (Å²) < 4.78 is 5.29. The van der Waals surface area contributed by atoms with Crippen molar-refractivity contribution in [1.29, 1.82) is 0 Å². The third-order valence-electron chi connectivity index (χ3n) is 4.58. The molecule has 0 saturated heterocycles. The van der Waals surface area contributed by atoms with E-state index in [0.29, 0.717) is 13.0 Å². The zero-order valence-corrected chi connectivity index (χ0v) is 13.9. The minimum Gasteiger partial charge on any atom is -0.461 e. The zero-order chi connectivity index (χ0) is 16.8. The van der Waals surface area contributed by atoms with Gasteiger partial charge in [-0.3, -0.25) is 4.79 Å². The van der Waals surface area contributed by atoms with Crippen LogP contribution in [-0.2, 0) is 29.0 Å². The molecule has 3 rings (SSSR count). The molecule has 1 atom stereocenters. The molecule has 1 aliphatic rings. The van der Waals surface area contributed by atoms with Crippen LogP contribution in [-0.4, -0.2) is 11.1 Å². The molecule has 0 aliphatic heterocycles. The van der Waals surface area contributed by atoms with Gasteiger partial charge in [-0.05, 0) is 54.4 Å². The van der Waals surface area contributed by atoms with Crippen molar-refractivity contribution in [3.05, 3.63) is 70.8 Å². The molecule has 0 amide bonds. The van der Waals surface area contributed by atoms with Gasteiger partial charge in [-0.1, -0.05) is 48.5 Å². The lowest BCUT2D eigenvalue weighted by Crippen LogP contribution is -2.10. The Morgan fingerprint density at radius 1 is 1.12 bits per heavy atom. The number of carbonyl (C=O) groups is 1. The summed E-state index contributed by atoms with van der Waals surface area (Å²) in [6.45, 7) is 0.338. The van der Waals surface area contributed by atoms with E-state index in [1.807, 2.05) is 30.3 Å². The Kier molecular flexibility index (Phi) is 5.65. The number of rotatable bonds is 6. The summed E-state index contributed by atoms with van der Waals surface area (Å²) in [5.74, 6) is -0.156. The number of fused-ring (bicyclic) bond motifs is 1. The Labute approximate surface area is 143 Å². The molecule has 0 spiro atoms. The molecule has 0 radical (unpaired) electrons. The largest absolute Gasteiger partial charge is 0.461 e. The summed E-state index contributed by atoms with van der Waals surface area (Å²) in [6, 6.07) is 16.1. The standard InChI is InChI=1S/C21H24O3/c22-20-10-5-9-18-13-12-16(14-19(18)20)8-4-11-21(23)24-15-17-6-2-1-3-7-17/h1-3,6-7,12-14,20,22H,4-5,8-11,15H2. The fraction of sp³-hybridized carbons (Fsp3) is 0.381. The van der Waals surface area contributed by atoms with Crippen molar-refractivity contribution < 1.29 is 14.6 Å². The van der Waals surface area contributed by atoms with Crippen LogP contribution in [0.5, 0.6) is 0 Å². The lowest BCUT2D eigenvalue weighted by atomic mass is 9.87. The van der Waals surface area contributed by atoms with Crippen LogP contribution in [0.3, 0.4) is 0 Å². The molecule has 24 heavy (non-hydrogen) atoms. The molecule has 0 fully saturated rings. The second kappa shape index (κ2) is 8.11. The monoisotopic (exact) mass is 324 g/mol. The summed E-state index contributed by atoms with van der Waals surface area (Å²) in [6.07, 6.45) is 4.65. The van der Waals surface area contributed by atoms with Gasteiger partial charge in [-0.25, -0.2) is 0 Å². The van der Waals surface area contributed by atoms with Crippen molar-refractivity contribution in [3.8, 4) is 0 Å². The van der Waals surface area contributed by atoms with Crippen LogP contribution >= 0.6 is 0 Å². The highest BCUT2D eigenvalue weighted by Crippen LogP contribution is 2.30. The molecule has 0 heterocycles. The molecule has 0 bridgehead atoms. The number of aliphatic hydroxyl groups excluding tert-OH is 1. The van der Waals surface area contributed by atoms with Gasteiger partial charge >= 0.3 is 5.97 Å². The van der Waals surface area contributed by atoms with Gasteiger partial charge in [0.2, 0.25) is 0 Å². The topological polar surface area (TPSA) is 46.5 Å². The Morgan fingerprint density at radius 3 is 2.79 bits per heavy atom. The molecule has 1 aliphatic carbocycles. The van der Waals surface area contributed by atoms with E-state index in [0.717, 1.165) is 43.2 Å². The van der Waals surface area contributed by atoms with Crippen LogP contribution in [0.2, 0.25) is 0 Å². The van der Waals surface area contributed by atoms with E-state index in [2.05, 4.69) is 18.2 Å². The van der Waals surface area contributed by atoms with Gasteiger partial charge in [0.1, 0.15) is 6.61 Å². The minimum absolute atomic E-state index is 0.156. The number of benzene rings is 2. The quantitative estimate of drug-likeness (QED) is 0.813. The summed E-state index contributed by atoms with van der Waals surface area (Å²) in [5.41, 5.74) is 4.53. The van der Waals surface area contributed by atoms with Crippen molar-refractivity contribution in [2.45, 2.75) is 51.2 Å². The van der Waals surface area contributed by atoms with Gasteiger partial charge in [0.05, 0.1) is 6.10 Å². The lowest BCUT2D eigenvalue weighted by Gasteiger charge is -2.22. The van der Waals surface area contributed by atoms with Crippen LogP contribution in [0.1, 0.15) is 54.0 Å². The maximum absolute atomic E-state index is 11.8. The normalized spacial score (nSPS) is 16.5. The minimum atomic E-state index is -0.329. The van der Waals surface area contributed by atoms with E-state index in [-0.39, 0.29) is 12.1 Å². The van der Waals surface area contributed by atoms with E-state index in [1.54, 1.807) is 0 Å². The maximum atomic E-state index is 11.8. The van der Waals surface area contributed by atoms with Crippen LogP contribution in [0.15, 0.2) is 48.5 Å². The number of aliphatic hydroxyl groups is 1. The third-order valence-corrected chi connectivity index (χ3v) is 4.58. The molecule has 1 N–H and O–H groups in total. The molecule has 0 saturated carbocycles. The summed E-state index contributed by atoms with van der Waals surface area (Å²) in [5, 5.41) is 10.1. The Bertz CT molecular complexity index is 679. The molecule has 1 unspecified atom stereocenters. The molecule has 126 valence electrons. The molecule has 2 aromatic rings. The van der Waals surface area contributed by atoms with Crippen molar-refractivity contribution in [2.24, 2.45) is 0 Å². The second-order valence-electron chi connectivity index (χ2n) is 6.44. The fourth-order valence-corrected chi connectivity index (χ4v) is 3.23. The summed E-state index contributed by atoms with van der Waals surface area (Å²) >= 11 is 0. The first-order valence-corrected chi connectivity index (χ1v) is 8.71. The molecule has 3 heteroatoms. The smallest absolute Gasteiger partial charge is 0.306 e. The number of esters is 1. The van der Waals surface area contributed by atoms with Gasteiger partial charge in [0.25, 0.3) is 0 Å². The molecule has 3 nitrogen and oxygen atoms in total. The zero-order valence-electron chi connectivity index (χ0n) is 13.9. The van der Waals surface area contributed by atoms with Crippen LogP contribution in [0.4, 0.5) is 0 Å². The summed E-state index contributed by atoms with van der Waals surface area (Å²) in [4.78, 5) is 11.8. The maximum Gasteiger partial charge on any atom is 0.306 e. The summed E-state index contributed by atoms with van der Waals surface area (Å²) in [7, 11) is 0. The highest BCUT2D eigenvalue weighted by Gasteiger charge is 2.17.